The lowest BCUT2D eigenvalue weighted by Crippen LogP contribution is -2.25. The average Bonchev–Trinajstić information content (AvgIpc) is 2.64. The molecule has 1 rings (SSSR count). The normalized spacial score (nSPS) is 12.3. The highest BCUT2D eigenvalue weighted by molar-refractivity contribution is 7.89. The summed E-state index contributed by atoms with van der Waals surface area (Å²) in [5, 5.41) is 2.45. The van der Waals surface area contributed by atoms with E-state index in [4.69, 9.17) is 4.74 Å². The zero-order valence-electron chi connectivity index (χ0n) is 14.8. The Balaban J connectivity index is 3.09. The molecule has 0 saturated carbocycles. The van der Waals surface area contributed by atoms with E-state index in [9.17, 15) is 13.2 Å². The van der Waals surface area contributed by atoms with E-state index in [2.05, 4.69) is 39.8 Å². The van der Waals surface area contributed by atoms with Gasteiger partial charge in [-0.25, -0.2) is 13.4 Å². The number of aromatic nitrogens is 1. The number of anilines is 1. The number of hydrogen-bond donors (Lipinski definition) is 2. The van der Waals surface area contributed by atoms with Gasteiger partial charge in [-0.3, -0.25) is 14.5 Å². The highest BCUT2D eigenvalue weighted by Crippen LogP contribution is 2.15. The van der Waals surface area contributed by atoms with Gasteiger partial charge in [0.1, 0.15) is 4.90 Å². The van der Waals surface area contributed by atoms with Crippen LogP contribution < -0.4 is 10.0 Å². The van der Waals surface area contributed by atoms with Gasteiger partial charge in [0.2, 0.25) is 0 Å². The summed E-state index contributed by atoms with van der Waals surface area (Å²) in [5.41, 5.74) is 0.423. The van der Waals surface area contributed by atoms with Gasteiger partial charge in [-0.2, -0.15) is 0 Å². The van der Waals surface area contributed by atoms with Crippen molar-refractivity contribution in [3.05, 3.63) is 80.5 Å². The molecule has 0 aliphatic rings. The van der Waals surface area contributed by atoms with Crippen LogP contribution in [0.4, 0.5) is 5.69 Å². The summed E-state index contributed by atoms with van der Waals surface area (Å²) < 4.78 is 32.4. The number of hydrogen-bond acceptors (Lipinski definition) is 6. The van der Waals surface area contributed by atoms with Crippen molar-refractivity contribution >= 4 is 27.5 Å². The molecule has 1 aromatic heterocycles. The number of nitrogens with one attached hydrogen (secondary N) is 2. The van der Waals surface area contributed by atoms with Gasteiger partial charge in [0.25, 0.3) is 15.9 Å². The molecule has 1 amide bonds. The van der Waals surface area contributed by atoms with Gasteiger partial charge in [-0.1, -0.05) is 38.0 Å². The number of pyridine rings is 1. The first-order valence-electron chi connectivity index (χ1n) is 7.53. The molecule has 1 heterocycles. The van der Waals surface area contributed by atoms with Gasteiger partial charge in [0.05, 0.1) is 18.1 Å². The van der Waals surface area contributed by atoms with E-state index in [0.29, 0.717) is 0 Å². The van der Waals surface area contributed by atoms with E-state index in [0.717, 1.165) is 12.5 Å². The van der Waals surface area contributed by atoms with Crippen LogP contribution in [0.25, 0.3) is 0 Å². The predicted octanol–water partition coefficient (Wildman–Crippen LogP) is 2.30. The van der Waals surface area contributed by atoms with E-state index in [1.165, 1.54) is 43.6 Å². The van der Waals surface area contributed by atoms with Crippen LogP contribution in [0.3, 0.4) is 0 Å². The van der Waals surface area contributed by atoms with Crippen LogP contribution in [0.1, 0.15) is 0 Å². The maximum Gasteiger partial charge on any atom is 0.311 e. The summed E-state index contributed by atoms with van der Waals surface area (Å²) in [4.78, 5) is 19.4. The van der Waals surface area contributed by atoms with Gasteiger partial charge in [-0.05, 0) is 18.2 Å². The molecule has 2 N–H and O–H groups in total. The zero-order valence-corrected chi connectivity index (χ0v) is 15.6. The molecule has 0 radical (unpaired) electrons. The number of aliphatic imine (C=N–C) groups is 1. The molecule has 0 aromatic carbocycles. The fourth-order valence-corrected chi connectivity index (χ4v) is 2.79. The fourth-order valence-electron chi connectivity index (χ4n) is 1.74. The van der Waals surface area contributed by atoms with Gasteiger partial charge < -0.3 is 10.1 Å². The minimum Gasteiger partial charge on any atom is -0.444 e. The molecule has 0 unspecified atom stereocenters. The van der Waals surface area contributed by atoms with Gasteiger partial charge in [0.15, 0.2) is 0 Å². The van der Waals surface area contributed by atoms with E-state index in [1.54, 1.807) is 6.08 Å². The molecular formula is C18H20N4O4S. The minimum atomic E-state index is -3.95. The first-order valence-corrected chi connectivity index (χ1v) is 9.01. The van der Waals surface area contributed by atoms with E-state index < -0.39 is 15.9 Å². The Hall–Kier alpha value is -3.46. The second-order valence-corrected chi connectivity index (χ2v) is 6.42. The lowest BCUT2D eigenvalue weighted by molar-refractivity contribution is -0.111. The van der Waals surface area contributed by atoms with Crippen molar-refractivity contribution in [2.24, 2.45) is 4.99 Å². The first kappa shape index (κ1) is 21.6. The largest absolute Gasteiger partial charge is 0.444 e. The molecule has 0 bridgehead atoms. The standard InChI is InChI=1S/C18H20N4O4S/c1-5-8-10-14(9-6-2)22-27(24,25)16-11-15(12-20-13-16)21-17(23)18(19-4)26-7-3/h5-13,22H,1-3H2,4H3,(H,21,23)/b10-8-,14-9+,19-18-. The van der Waals surface area contributed by atoms with Crippen LogP contribution in [0.5, 0.6) is 0 Å². The number of sulfonamides is 1. The van der Waals surface area contributed by atoms with Crippen LogP contribution in [0.2, 0.25) is 0 Å². The molecule has 27 heavy (non-hydrogen) atoms. The molecule has 8 nitrogen and oxygen atoms in total. The number of carbonyl (C=O) groups is 1. The first-order chi connectivity index (χ1) is 12.9. The number of allylic oxidation sites excluding steroid dienone is 5. The third-order valence-corrected chi connectivity index (χ3v) is 4.18. The summed E-state index contributed by atoms with van der Waals surface area (Å²) >= 11 is 0. The summed E-state index contributed by atoms with van der Waals surface area (Å²) in [5.74, 6) is -0.912. The average molecular weight is 388 g/mol. The minimum absolute atomic E-state index is 0.146. The quantitative estimate of drug-likeness (QED) is 0.307. The summed E-state index contributed by atoms with van der Waals surface area (Å²) in [6.07, 6.45) is 11.0. The van der Waals surface area contributed by atoms with Crippen molar-refractivity contribution in [2.75, 3.05) is 12.4 Å². The Morgan fingerprint density at radius 1 is 1.26 bits per heavy atom. The van der Waals surface area contributed by atoms with Gasteiger partial charge in [0, 0.05) is 18.9 Å². The fraction of sp³-hybridized carbons (Fsp3) is 0.0556. The van der Waals surface area contributed by atoms with Crippen molar-refractivity contribution in [3.8, 4) is 0 Å². The van der Waals surface area contributed by atoms with Crippen molar-refractivity contribution in [3.63, 3.8) is 0 Å². The number of nitrogens with zero attached hydrogens (tertiary/aromatic N) is 2. The summed E-state index contributed by atoms with van der Waals surface area (Å²) in [6.45, 7) is 10.4. The van der Waals surface area contributed by atoms with Crippen LogP contribution >= 0.6 is 0 Å². The Labute approximate surface area is 158 Å². The lowest BCUT2D eigenvalue weighted by Gasteiger charge is -2.10. The van der Waals surface area contributed by atoms with E-state index >= 15 is 0 Å². The molecule has 0 saturated heterocycles. The molecule has 0 aliphatic carbocycles. The molecule has 142 valence electrons. The third-order valence-electron chi connectivity index (χ3n) is 2.84. The van der Waals surface area contributed by atoms with E-state index in [1.807, 2.05) is 0 Å². The molecular weight excluding hydrogens is 368 g/mol. The molecule has 9 heteroatoms. The maximum atomic E-state index is 12.6. The second kappa shape index (κ2) is 10.5. The van der Waals surface area contributed by atoms with E-state index in [-0.39, 0.29) is 22.2 Å². The third kappa shape index (κ3) is 6.75. The Kier molecular flexibility index (Phi) is 8.40. The number of rotatable bonds is 8. The molecule has 1 aromatic rings. The molecule has 0 aliphatic heterocycles. The molecule has 0 atom stereocenters. The predicted molar refractivity (Wildman–Crippen MR) is 105 cm³/mol. The number of amides is 1. The molecule has 0 spiro atoms. The smallest absolute Gasteiger partial charge is 0.311 e. The molecule has 0 fully saturated rings. The van der Waals surface area contributed by atoms with Gasteiger partial charge >= 0.3 is 5.91 Å². The Morgan fingerprint density at radius 2 is 2.00 bits per heavy atom. The highest BCUT2D eigenvalue weighted by atomic mass is 32.2. The van der Waals surface area contributed by atoms with Crippen LogP contribution in [0, 0.1) is 0 Å². The summed E-state index contributed by atoms with van der Waals surface area (Å²) in [6, 6.07) is 1.25. The second-order valence-electron chi connectivity index (χ2n) is 4.73. The Bertz CT molecular complexity index is 915. The zero-order chi connectivity index (χ0) is 20.3. The van der Waals surface area contributed by atoms with Crippen LogP contribution in [-0.4, -0.2) is 32.3 Å². The van der Waals surface area contributed by atoms with Crippen molar-refractivity contribution in [2.45, 2.75) is 4.90 Å². The summed E-state index contributed by atoms with van der Waals surface area (Å²) in [7, 11) is -2.58. The number of carbonyl (C=O) groups excluding carboxylic acids is 1. The maximum absolute atomic E-state index is 12.6. The van der Waals surface area contributed by atoms with Crippen LogP contribution in [-0.2, 0) is 19.6 Å². The SMILES string of the molecule is C=C/C=C\C(=C/C=C)NS(=O)(=O)c1cncc(NC(=O)/C(=N/C)OC=C)c1. The van der Waals surface area contributed by atoms with Crippen molar-refractivity contribution in [1.82, 2.24) is 9.71 Å². The van der Waals surface area contributed by atoms with Gasteiger partial charge in [-0.15, -0.1) is 0 Å². The topological polar surface area (TPSA) is 110 Å². The monoisotopic (exact) mass is 388 g/mol. The van der Waals surface area contributed by atoms with Crippen LogP contribution in [0.15, 0.2) is 90.4 Å². The Morgan fingerprint density at radius 3 is 2.59 bits per heavy atom. The van der Waals surface area contributed by atoms with Crippen molar-refractivity contribution < 1.29 is 17.9 Å². The highest BCUT2D eigenvalue weighted by Gasteiger charge is 2.17. The number of ether oxygens (including phenoxy) is 1. The van der Waals surface area contributed by atoms with Crippen molar-refractivity contribution in [1.29, 1.82) is 0 Å². The lowest BCUT2D eigenvalue weighted by atomic mass is 10.3.